The van der Waals surface area contributed by atoms with Crippen molar-refractivity contribution < 1.29 is 14.3 Å². The summed E-state index contributed by atoms with van der Waals surface area (Å²) in [5.74, 6) is -1.22. The van der Waals surface area contributed by atoms with Gasteiger partial charge in [0.2, 0.25) is 0 Å². The van der Waals surface area contributed by atoms with Crippen LogP contribution in [0.5, 0.6) is 0 Å². The highest BCUT2D eigenvalue weighted by Crippen LogP contribution is 2.42. The summed E-state index contributed by atoms with van der Waals surface area (Å²) in [6, 6.07) is 15.2. The second-order valence-corrected chi connectivity index (χ2v) is 8.39. The number of halogens is 1. The highest BCUT2D eigenvalue weighted by atomic mass is 19.1. The Morgan fingerprint density at radius 1 is 1.09 bits per heavy atom. The fourth-order valence-electron chi connectivity index (χ4n) is 4.15. The first-order valence-corrected chi connectivity index (χ1v) is 10.6. The number of benzene rings is 3. The lowest BCUT2D eigenvalue weighted by molar-refractivity contribution is 0.0697. The van der Waals surface area contributed by atoms with Crippen LogP contribution in [0.25, 0.3) is 33.3 Å². The van der Waals surface area contributed by atoms with Gasteiger partial charge in [-0.2, -0.15) is 0 Å². The van der Waals surface area contributed by atoms with Crippen molar-refractivity contribution >= 4 is 28.8 Å². The third kappa shape index (κ3) is 3.96. The predicted molar refractivity (Wildman–Crippen MR) is 131 cm³/mol. The number of hydrogen-bond acceptors (Lipinski definition) is 4. The van der Waals surface area contributed by atoms with E-state index in [9.17, 15) is 14.3 Å². The zero-order valence-electron chi connectivity index (χ0n) is 18.6. The van der Waals surface area contributed by atoms with Crippen LogP contribution in [0.1, 0.15) is 46.8 Å². The maximum atomic E-state index is 14.1. The standard InChI is InChI=1S/C27H24FN3O2/c1-14(2)24-25(18-8-9-21(28)15(3)10-18)20-11-19(13-29)22(30)12-23(20)31-26(24)16-4-6-17(7-5-16)27(32)33/h4-14,29H,30H2,1-3H3,(H,32,33). The number of fused-ring (bicyclic) bond motifs is 1. The maximum absolute atomic E-state index is 14.1. The molecule has 0 bridgehead atoms. The SMILES string of the molecule is Cc1cc(-c2c(C(C)C)c(-c3ccc(C(=O)O)cc3)nc3cc(N)c(C=N)cc23)ccc1F. The van der Waals surface area contributed by atoms with Gasteiger partial charge in [0.1, 0.15) is 5.82 Å². The van der Waals surface area contributed by atoms with Crippen molar-refractivity contribution in [3.63, 3.8) is 0 Å². The molecule has 33 heavy (non-hydrogen) atoms. The summed E-state index contributed by atoms with van der Waals surface area (Å²) >= 11 is 0. The van der Waals surface area contributed by atoms with Gasteiger partial charge in [0.05, 0.1) is 16.8 Å². The monoisotopic (exact) mass is 441 g/mol. The molecule has 0 fully saturated rings. The Labute approximate surface area is 191 Å². The maximum Gasteiger partial charge on any atom is 0.335 e. The Kier molecular flexibility index (Phi) is 5.68. The van der Waals surface area contributed by atoms with Crippen LogP contribution in [0.15, 0.2) is 54.6 Å². The number of hydrogen-bond donors (Lipinski definition) is 3. The number of nitrogens with one attached hydrogen (secondary N) is 1. The van der Waals surface area contributed by atoms with Gasteiger partial charge < -0.3 is 16.2 Å². The molecule has 1 aromatic heterocycles. The van der Waals surface area contributed by atoms with E-state index in [1.54, 1.807) is 43.3 Å². The van der Waals surface area contributed by atoms with Gasteiger partial charge in [0, 0.05) is 28.4 Å². The number of nitrogens with zero attached hydrogens (tertiary/aromatic N) is 1. The Morgan fingerprint density at radius 2 is 1.76 bits per heavy atom. The highest BCUT2D eigenvalue weighted by molar-refractivity contribution is 6.04. The molecule has 166 valence electrons. The van der Waals surface area contributed by atoms with Crippen molar-refractivity contribution in [1.29, 1.82) is 5.41 Å². The molecule has 0 aliphatic heterocycles. The van der Waals surface area contributed by atoms with E-state index in [-0.39, 0.29) is 17.3 Å². The summed E-state index contributed by atoms with van der Waals surface area (Å²) in [5, 5.41) is 17.8. The number of carboxylic acid groups (broad SMARTS) is 1. The van der Waals surface area contributed by atoms with Crippen LogP contribution < -0.4 is 5.73 Å². The largest absolute Gasteiger partial charge is 0.478 e. The first-order valence-electron chi connectivity index (χ1n) is 10.6. The number of aryl methyl sites for hydroxylation is 1. The normalized spacial score (nSPS) is 11.2. The minimum Gasteiger partial charge on any atom is -0.478 e. The summed E-state index contributed by atoms with van der Waals surface area (Å²) < 4.78 is 14.1. The predicted octanol–water partition coefficient (Wildman–Crippen LogP) is 6.42. The van der Waals surface area contributed by atoms with Crippen molar-refractivity contribution in [2.75, 3.05) is 5.73 Å². The molecule has 3 aromatic carbocycles. The molecular weight excluding hydrogens is 417 g/mol. The molecule has 0 atom stereocenters. The number of rotatable bonds is 5. The van der Waals surface area contributed by atoms with Crippen LogP contribution >= 0.6 is 0 Å². The van der Waals surface area contributed by atoms with Gasteiger partial charge in [-0.15, -0.1) is 0 Å². The Bertz CT molecular complexity index is 1410. The zero-order valence-corrected chi connectivity index (χ0v) is 18.6. The Balaban J connectivity index is 2.14. The highest BCUT2D eigenvalue weighted by Gasteiger charge is 2.22. The van der Waals surface area contributed by atoms with E-state index in [2.05, 4.69) is 13.8 Å². The lowest BCUT2D eigenvalue weighted by Crippen LogP contribution is -2.04. The van der Waals surface area contributed by atoms with Gasteiger partial charge in [-0.1, -0.05) is 32.0 Å². The average molecular weight is 442 g/mol. The van der Waals surface area contributed by atoms with Crippen LogP contribution in [-0.2, 0) is 0 Å². The second kappa shape index (κ2) is 8.47. The number of carbonyl (C=O) groups is 1. The van der Waals surface area contributed by atoms with Crippen molar-refractivity contribution in [3.8, 4) is 22.4 Å². The Morgan fingerprint density at radius 3 is 2.33 bits per heavy atom. The first-order chi connectivity index (χ1) is 15.7. The third-order valence-electron chi connectivity index (χ3n) is 5.81. The number of nitrogens with two attached hydrogens (primary N) is 1. The summed E-state index contributed by atoms with van der Waals surface area (Å²) in [6.07, 6.45) is 1.21. The lowest BCUT2D eigenvalue weighted by Gasteiger charge is -2.21. The quantitative estimate of drug-likeness (QED) is 0.246. The molecule has 0 radical (unpaired) electrons. The van der Waals surface area contributed by atoms with Gasteiger partial charge in [0.15, 0.2) is 0 Å². The van der Waals surface area contributed by atoms with Gasteiger partial charge >= 0.3 is 5.97 Å². The second-order valence-electron chi connectivity index (χ2n) is 8.39. The third-order valence-corrected chi connectivity index (χ3v) is 5.81. The van der Waals surface area contributed by atoms with E-state index in [1.165, 1.54) is 12.3 Å². The van der Waals surface area contributed by atoms with Crippen LogP contribution in [-0.4, -0.2) is 22.3 Å². The van der Waals surface area contributed by atoms with Gasteiger partial charge in [-0.3, -0.25) is 0 Å². The van der Waals surface area contributed by atoms with Crippen molar-refractivity contribution in [2.45, 2.75) is 26.7 Å². The molecule has 0 saturated carbocycles. The van der Waals surface area contributed by atoms with E-state index >= 15 is 0 Å². The number of anilines is 1. The van der Waals surface area contributed by atoms with Gasteiger partial charge in [-0.05, 0) is 71.5 Å². The molecular formula is C27H24FN3O2. The van der Waals surface area contributed by atoms with Crippen molar-refractivity contribution in [2.24, 2.45) is 0 Å². The zero-order chi connectivity index (χ0) is 23.9. The van der Waals surface area contributed by atoms with Gasteiger partial charge in [-0.25, -0.2) is 14.2 Å². The fraction of sp³-hybridized carbons (Fsp3) is 0.148. The lowest BCUT2D eigenvalue weighted by atomic mass is 9.85. The van der Waals surface area contributed by atoms with Crippen LogP contribution in [0.2, 0.25) is 0 Å². The van der Waals surface area contributed by atoms with Gasteiger partial charge in [0.25, 0.3) is 0 Å². The molecule has 1 heterocycles. The van der Waals surface area contributed by atoms with Crippen LogP contribution in [0.4, 0.5) is 10.1 Å². The molecule has 0 amide bonds. The van der Waals surface area contributed by atoms with E-state index in [0.29, 0.717) is 28.0 Å². The molecule has 4 N–H and O–H groups in total. The smallest absolute Gasteiger partial charge is 0.335 e. The molecule has 0 unspecified atom stereocenters. The first kappa shape index (κ1) is 22.1. The summed E-state index contributed by atoms with van der Waals surface area (Å²) in [4.78, 5) is 16.2. The molecule has 5 nitrogen and oxygen atoms in total. The molecule has 6 heteroatoms. The fourth-order valence-corrected chi connectivity index (χ4v) is 4.15. The van der Waals surface area contributed by atoms with E-state index < -0.39 is 5.97 Å². The number of pyridine rings is 1. The molecule has 0 aliphatic rings. The van der Waals surface area contributed by atoms with E-state index in [4.69, 9.17) is 16.1 Å². The molecule has 0 spiro atoms. The number of nitrogen functional groups attached to an aromatic ring is 1. The van der Waals surface area contributed by atoms with Crippen molar-refractivity contribution in [1.82, 2.24) is 4.98 Å². The Hall–Kier alpha value is -4.06. The minimum atomic E-state index is -0.994. The molecule has 4 rings (SSSR count). The van der Waals surface area contributed by atoms with Crippen molar-refractivity contribution in [3.05, 3.63) is 82.7 Å². The summed E-state index contributed by atoms with van der Waals surface area (Å²) in [5.41, 5.74) is 12.8. The minimum absolute atomic E-state index is 0.0531. The molecule has 0 aliphatic carbocycles. The average Bonchev–Trinajstić information content (AvgIpc) is 2.79. The summed E-state index contributed by atoms with van der Waals surface area (Å²) in [6.45, 7) is 5.85. The molecule has 0 saturated heterocycles. The summed E-state index contributed by atoms with van der Waals surface area (Å²) in [7, 11) is 0. The molecule has 4 aromatic rings. The van der Waals surface area contributed by atoms with E-state index in [0.717, 1.165) is 27.6 Å². The van der Waals surface area contributed by atoms with Crippen LogP contribution in [0.3, 0.4) is 0 Å². The van der Waals surface area contributed by atoms with E-state index in [1.807, 2.05) is 12.1 Å². The number of aromatic nitrogens is 1. The number of aromatic carboxylic acids is 1. The van der Waals surface area contributed by atoms with Crippen LogP contribution in [0, 0.1) is 18.2 Å². The number of carboxylic acids is 1. The topological polar surface area (TPSA) is 100 Å².